The molecule has 3 rings (SSSR count). The zero-order valence-corrected chi connectivity index (χ0v) is 17.3. The van der Waals surface area contributed by atoms with Gasteiger partial charge in [-0.3, -0.25) is 14.3 Å². The van der Waals surface area contributed by atoms with Gasteiger partial charge in [-0.05, 0) is 42.5 Å². The number of nitrogens with one attached hydrogen (secondary N) is 2. The van der Waals surface area contributed by atoms with Crippen LogP contribution in [0.25, 0.3) is 0 Å². The van der Waals surface area contributed by atoms with E-state index in [1.54, 1.807) is 12.1 Å². The molecule has 1 heterocycles. The molecule has 2 aromatic carbocycles. The molecule has 0 aliphatic heterocycles. The van der Waals surface area contributed by atoms with Crippen LogP contribution < -0.4 is 19.5 Å². The minimum Gasteiger partial charge on any atom is -0.480 e. The summed E-state index contributed by atoms with van der Waals surface area (Å²) in [7, 11) is -2.49. The Hall–Kier alpha value is -3.99. The molecule has 1 aromatic heterocycles. The molecule has 0 spiro atoms. The lowest BCUT2D eigenvalue weighted by Crippen LogP contribution is -2.16. The van der Waals surface area contributed by atoms with E-state index in [-0.39, 0.29) is 27.9 Å². The Balaban J connectivity index is 1.72. The summed E-state index contributed by atoms with van der Waals surface area (Å²) in [6.07, 6.45) is 0. The highest BCUT2D eigenvalue weighted by molar-refractivity contribution is 7.92. The van der Waals surface area contributed by atoms with Crippen molar-refractivity contribution < 1.29 is 27.5 Å². The number of rotatable bonds is 7. The second kappa shape index (κ2) is 9.22. The van der Waals surface area contributed by atoms with Crippen LogP contribution in [0.5, 0.6) is 11.6 Å². The number of carbonyl (C=O) groups is 2. The molecule has 0 atom stereocenters. The molecule has 0 unspecified atom stereocenters. The summed E-state index contributed by atoms with van der Waals surface area (Å²) in [4.78, 5) is 23.7. The molecule has 0 aliphatic rings. The van der Waals surface area contributed by atoms with Crippen molar-refractivity contribution in [3.8, 4) is 11.6 Å². The first kappa shape index (κ1) is 21.7. The molecule has 160 valence electrons. The third-order valence-corrected chi connectivity index (χ3v) is 5.27. The van der Waals surface area contributed by atoms with Gasteiger partial charge in [0.2, 0.25) is 5.88 Å². The van der Waals surface area contributed by atoms with Crippen molar-refractivity contribution in [1.29, 1.82) is 0 Å². The summed E-state index contributed by atoms with van der Waals surface area (Å²) >= 11 is 0. The van der Waals surface area contributed by atoms with E-state index in [2.05, 4.69) is 20.2 Å². The Bertz CT molecular complexity index is 1200. The van der Waals surface area contributed by atoms with Crippen molar-refractivity contribution in [3.05, 3.63) is 66.2 Å². The van der Waals surface area contributed by atoms with Gasteiger partial charge in [-0.2, -0.15) is 0 Å². The second-order valence-electron chi connectivity index (χ2n) is 6.13. The average molecular weight is 442 g/mol. The summed E-state index contributed by atoms with van der Waals surface area (Å²) in [6.45, 7) is 1.24. The minimum absolute atomic E-state index is 0.0280. The monoisotopic (exact) mass is 442 g/mol. The van der Waals surface area contributed by atoms with Crippen LogP contribution in [0.4, 0.5) is 11.5 Å². The van der Waals surface area contributed by atoms with Crippen LogP contribution in [0.15, 0.2) is 65.6 Å². The van der Waals surface area contributed by atoms with Gasteiger partial charge in [-0.15, -0.1) is 10.2 Å². The minimum atomic E-state index is -3.91. The van der Waals surface area contributed by atoms with Gasteiger partial charge in [0.1, 0.15) is 5.75 Å². The summed E-state index contributed by atoms with van der Waals surface area (Å²) in [5, 5.41) is 10.1. The molecule has 11 heteroatoms. The first-order chi connectivity index (χ1) is 14.8. The largest absolute Gasteiger partial charge is 0.480 e. The summed E-state index contributed by atoms with van der Waals surface area (Å²) in [5.41, 5.74) is 0.514. The zero-order chi connectivity index (χ0) is 22.4. The summed E-state index contributed by atoms with van der Waals surface area (Å²) in [5.74, 6) is -0.668. The normalized spacial score (nSPS) is 10.8. The Morgan fingerprint density at radius 1 is 0.935 bits per heavy atom. The molecule has 0 bridgehead atoms. The SMILES string of the molecule is COc1ccc(NS(=O)(=O)c2ccc(NC(=O)c3ccccc3OC(C)=O)cc2)nn1. The van der Waals surface area contributed by atoms with E-state index in [0.717, 1.165) is 0 Å². The molecule has 2 N–H and O–H groups in total. The smallest absolute Gasteiger partial charge is 0.308 e. The van der Waals surface area contributed by atoms with E-state index in [1.807, 2.05) is 0 Å². The number of anilines is 2. The van der Waals surface area contributed by atoms with Crippen LogP contribution in [0, 0.1) is 0 Å². The van der Waals surface area contributed by atoms with E-state index < -0.39 is 21.9 Å². The third-order valence-electron chi connectivity index (χ3n) is 3.90. The number of para-hydroxylation sites is 1. The van der Waals surface area contributed by atoms with Crippen molar-refractivity contribution in [2.75, 3.05) is 17.1 Å². The van der Waals surface area contributed by atoms with Crippen molar-refractivity contribution >= 4 is 33.4 Å². The van der Waals surface area contributed by atoms with Gasteiger partial charge in [-0.1, -0.05) is 12.1 Å². The van der Waals surface area contributed by atoms with Crippen LogP contribution in [0.1, 0.15) is 17.3 Å². The van der Waals surface area contributed by atoms with E-state index in [1.165, 1.54) is 62.6 Å². The molecule has 0 aliphatic carbocycles. The van der Waals surface area contributed by atoms with Crippen LogP contribution in [0.2, 0.25) is 0 Å². The van der Waals surface area contributed by atoms with E-state index >= 15 is 0 Å². The number of hydrogen-bond acceptors (Lipinski definition) is 8. The number of ether oxygens (including phenoxy) is 2. The van der Waals surface area contributed by atoms with Gasteiger partial charge >= 0.3 is 5.97 Å². The topological polar surface area (TPSA) is 137 Å². The van der Waals surface area contributed by atoms with Gasteiger partial charge in [0, 0.05) is 18.7 Å². The molecular weight excluding hydrogens is 424 g/mol. The fourth-order valence-corrected chi connectivity index (χ4v) is 3.49. The van der Waals surface area contributed by atoms with Gasteiger partial charge in [0.15, 0.2) is 5.82 Å². The lowest BCUT2D eigenvalue weighted by molar-refractivity contribution is -0.131. The van der Waals surface area contributed by atoms with E-state index in [0.29, 0.717) is 5.69 Å². The van der Waals surface area contributed by atoms with Crippen molar-refractivity contribution in [2.45, 2.75) is 11.8 Å². The number of benzene rings is 2. The fourth-order valence-electron chi connectivity index (χ4n) is 2.49. The maximum atomic E-state index is 12.5. The fraction of sp³-hybridized carbons (Fsp3) is 0.100. The average Bonchev–Trinajstić information content (AvgIpc) is 2.74. The van der Waals surface area contributed by atoms with E-state index in [9.17, 15) is 18.0 Å². The van der Waals surface area contributed by atoms with Crippen molar-refractivity contribution in [1.82, 2.24) is 10.2 Å². The molecule has 0 saturated carbocycles. The number of carbonyl (C=O) groups excluding carboxylic acids is 2. The van der Waals surface area contributed by atoms with Crippen LogP contribution in [-0.4, -0.2) is 37.6 Å². The molecule has 3 aromatic rings. The van der Waals surface area contributed by atoms with Gasteiger partial charge in [0.25, 0.3) is 15.9 Å². The van der Waals surface area contributed by atoms with E-state index in [4.69, 9.17) is 9.47 Å². The van der Waals surface area contributed by atoms with Crippen LogP contribution in [0.3, 0.4) is 0 Å². The summed E-state index contributed by atoms with van der Waals surface area (Å²) in [6, 6.07) is 14.7. The number of amides is 1. The highest BCUT2D eigenvalue weighted by atomic mass is 32.2. The molecule has 0 radical (unpaired) electrons. The first-order valence-electron chi connectivity index (χ1n) is 8.88. The Morgan fingerprint density at radius 3 is 2.26 bits per heavy atom. The number of nitrogens with zero attached hydrogens (tertiary/aromatic N) is 2. The molecule has 0 fully saturated rings. The third kappa shape index (κ3) is 5.54. The van der Waals surface area contributed by atoms with Gasteiger partial charge in [0.05, 0.1) is 17.6 Å². The lowest BCUT2D eigenvalue weighted by Gasteiger charge is -2.11. The highest BCUT2D eigenvalue weighted by Gasteiger charge is 2.17. The van der Waals surface area contributed by atoms with Gasteiger partial charge < -0.3 is 14.8 Å². The molecule has 1 amide bonds. The standard InChI is InChI=1S/C20H18N4O6S/c1-13(25)30-17-6-4-3-5-16(17)20(26)21-14-7-9-15(10-8-14)31(27,28)24-18-11-12-19(29-2)23-22-18/h3-12H,1-2H3,(H,21,26)(H,22,24). The van der Waals surface area contributed by atoms with Crippen LogP contribution >= 0.6 is 0 Å². The quantitative estimate of drug-likeness (QED) is 0.421. The maximum Gasteiger partial charge on any atom is 0.308 e. The summed E-state index contributed by atoms with van der Waals surface area (Å²) < 4.78 is 37.2. The lowest BCUT2D eigenvalue weighted by atomic mass is 10.2. The van der Waals surface area contributed by atoms with Crippen LogP contribution in [-0.2, 0) is 14.8 Å². The number of methoxy groups -OCH3 is 1. The number of esters is 1. The highest BCUT2D eigenvalue weighted by Crippen LogP contribution is 2.21. The number of hydrogen-bond donors (Lipinski definition) is 2. The first-order valence-corrected chi connectivity index (χ1v) is 10.4. The van der Waals surface area contributed by atoms with Crippen molar-refractivity contribution in [3.63, 3.8) is 0 Å². The molecule has 0 saturated heterocycles. The maximum absolute atomic E-state index is 12.5. The Labute approximate surface area is 178 Å². The number of aromatic nitrogens is 2. The Morgan fingerprint density at radius 2 is 1.65 bits per heavy atom. The van der Waals surface area contributed by atoms with Gasteiger partial charge in [-0.25, -0.2) is 8.42 Å². The molecular formula is C20H18N4O6S. The Kier molecular flexibility index (Phi) is 6.46. The molecule has 31 heavy (non-hydrogen) atoms. The zero-order valence-electron chi connectivity index (χ0n) is 16.5. The second-order valence-corrected chi connectivity index (χ2v) is 7.82. The molecule has 10 nitrogen and oxygen atoms in total. The van der Waals surface area contributed by atoms with Crippen molar-refractivity contribution in [2.24, 2.45) is 0 Å². The predicted molar refractivity (Wildman–Crippen MR) is 112 cm³/mol. The predicted octanol–water partition coefficient (Wildman–Crippen LogP) is 2.46. The number of sulfonamides is 1.